The maximum atomic E-state index is 12.7. The van der Waals surface area contributed by atoms with Crippen molar-refractivity contribution in [2.75, 3.05) is 7.05 Å². The van der Waals surface area contributed by atoms with Crippen molar-refractivity contribution in [1.82, 2.24) is 14.5 Å². The number of benzene rings is 2. The van der Waals surface area contributed by atoms with E-state index in [1.165, 1.54) is 4.57 Å². The van der Waals surface area contributed by atoms with Crippen LogP contribution in [0.1, 0.15) is 24.4 Å². The molecule has 1 heterocycles. The summed E-state index contributed by atoms with van der Waals surface area (Å²) >= 11 is 0. The molecule has 1 amide bonds. The van der Waals surface area contributed by atoms with Gasteiger partial charge in [0.2, 0.25) is 5.91 Å². The molecule has 0 aliphatic heterocycles. The van der Waals surface area contributed by atoms with Crippen LogP contribution in [0.3, 0.4) is 0 Å². The summed E-state index contributed by atoms with van der Waals surface area (Å²) in [5, 5.41) is 0.527. The zero-order valence-electron chi connectivity index (χ0n) is 14.6. The summed E-state index contributed by atoms with van der Waals surface area (Å²) in [6.45, 7) is 3.71. The zero-order valence-corrected chi connectivity index (χ0v) is 14.6. The van der Waals surface area contributed by atoms with Crippen LogP contribution in [-0.2, 0) is 11.3 Å². The van der Waals surface area contributed by atoms with Crippen molar-refractivity contribution in [2.45, 2.75) is 26.4 Å². The first kappa shape index (κ1) is 16.9. The number of carbonyl (C=O) groups excluding carboxylic acids is 1. The maximum absolute atomic E-state index is 12.7. The summed E-state index contributed by atoms with van der Waals surface area (Å²) < 4.78 is 1.44. The Morgan fingerprint density at radius 2 is 1.76 bits per heavy atom. The molecular weight excluding hydrogens is 314 g/mol. The Morgan fingerprint density at radius 1 is 1.12 bits per heavy atom. The van der Waals surface area contributed by atoms with Crippen molar-refractivity contribution < 1.29 is 4.79 Å². The number of aromatic nitrogens is 2. The Labute approximate surface area is 146 Å². The van der Waals surface area contributed by atoms with E-state index in [4.69, 9.17) is 0 Å². The van der Waals surface area contributed by atoms with E-state index in [2.05, 4.69) is 4.98 Å². The number of likely N-dealkylation sites (N-methyl/N-ethyl adjacent to an activating group) is 1. The molecule has 0 N–H and O–H groups in total. The normalized spacial score (nSPS) is 12.1. The Balaban J connectivity index is 1.88. The monoisotopic (exact) mass is 335 g/mol. The van der Waals surface area contributed by atoms with E-state index in [1.54, 1.807) is 37.1 Å². The van der Waals surface area contributed by atoms with Gasteiger partial charge in [0, 0.05) is 7.05 Å². The lowest BCUT2D eigenvalue weighted by atomic mass is 10.1. The quantitative estimate of drug-likeness (QED) is 0.737. The van der Waals surface area contributed by atoms with E-state index >= 15 is 0 Å². The first-order valence-corrected chi connectivity index (χ1v) is 8.26. The number of para-hydroxylation sites is 1. The molecule has 0 saturated carbocycles. The standard InChI is InChI=1S/C20H21N3O2/c1-14(16-9-5-4-6-10-16)22(3)19(24)13-23-15(2)21-18-12-8-7-11-17(18)20(23)25/h4-12,14H,13H2,1-3H3/t14-/m0/s1. The van der Waals surface area contributed by atoms with Crippen LogP contribution in [0, 0.1) is 6.92 Å². The van der Waals surface area contributed by atoms with E-state index in [-0.39, 0.29) is 24.1 Å². The lowest BCUT2D eigenvalue weighted by Gasteiger charge is -2.26. The minimum Gasteiger partial charge on any atom is -0.337 e. The average Bonchev–Trinajstić information content (AvgIpc) is 2.64. The molecule has 1 atom stereocenters. The smallest absolute Gasteiger partial charge is 0.261 e. The molecule has 3 rings (SSSR count). The van der Waals surface area contributed by atoms with E-state index in [0.29, 0.717) is 16.7 Å². The number of nitrogens with zero attached hydrogens (tertiary/aromatic N) is 3. The van der Waals surface area contributed by atoms with Crippen LogP contribution in [0.25, 0.3) is 10.9 Å². The van der Waals surface area contributed by atoms with Crippen LogP contribution in [0.15, 0.2) is 59.4 Å². The second-order valence-electron chi connectivity index (χ2n) is 6.16. The van der Waals surface area contributed by atoms with Gasteiger partial charge in [-0.15, -0.1) is 0 Å². The van der Waals surface area contributed by atoms with Gasteiger partial charge >= 0.3 is 0 Å². The Kier molecular flexibility index (Phi) is 4.65. The summed E-state index contributed by atoms with van der Waals surface area (Å²) in [6, 6.07) is 16.9. The van der Waals surface area contributed by atoms with E-state index in [9.17, 15) is 9.59 Å². The minimum atomic E-state index is -0.183. The van der Waals surface area contributed by atoms with Crippen molar-refractivity contribution in [3.05, 3.63) is 76.3 Å². The predicted octanol–water partition coefficient (Wildman–Crippen LogP) is 2.92. The molecule has 25 heavy (non-hydrogen) atoms. The highest BCUT2D eigenvalue weighted by Gasteiger charge is 2.19. The molecule has 0 saturated heterocycles. The zero-order chi connectivity index (χ0) is 18.0. The molecular formula is C20H21N3O2. The summed E-state index contributed by atoms with van der Waals surface area (Å²) in [7, 11) is 1.76. The summed E-state index contributed by atoms with van der Waals surface area (Å²) in [6.07, 6.45) is 0. The highest BCUT2D eigenvalue weighted by atomic mass is 16.2. The SMILES string of the molecule is Cc1nc2ccccc2c(=O)n1CC(=O)N(C)[C@@H](C)c1ccccc1. The summed E-state index contributed by atoms with van der Waals surface area (Å²) in [5.41, 5.74) is 1.52. The first-order chi connectivity index (χ1) is 12.0. The van der Waals surface area contributed by atoms with Gasteiger partial charge in [0.1, 0.15) is 12.4 Å². The number of carbonyl (C=O) groups is 1. The van der Waals surface area contributed by atoms with Crippen molar-refractivity contribution in [3.63, 3.8) is 0 Å². The fourth-order valence-electron chi connectivity index (χ4n) is 2.88. The maximum Gasteiger partial charge on any atom is 0.261 e. The summed E-state index contributed by atoms with van der Waals surface area (Å²) in [5.74, 6) is 0.413. The second-order valence-corrected chi connectivity index (χ2v) is 6.16. The molecule has 0 bridgehead atoms. The van der Waals surface area contributed by atoms with Crippen molar-refractivity contribution >= 4 is 16.8 Å². The molecule has 5 heteroatoms. The Bertz CT molecular complexity index is 964. The highest BCUT2D eigenvalue weighted by molar-refractivity contribution is 5.79. The van der Waals surface area contributed by atoms with Crippen LogP contribution in [-0.4, -0.2) is 27.4 Å². The Morgan fingerprint density at radius 3 is 2.48 bits per heavy atom. The molecule has 0 spiro atoms. The van der Waals surface area contributed by atoms with Crippen molar-refractivity contribution in [1.29, 1.82) is 0 Å². The Hall–Kier alpha value is -2.95. The van der Waals surface area contributed by atoms with Crippen LogP contribution in [0.5, 0.6) is 0 Å². The lowest BCUT2D eigenvalue weighted by molar-refractivity contribution is -0.132. The van der Waals surface area contributed by atoms with Gasteiger partial charge in [-0.3, -0.25) is 14.2 Å². The number of rotatable bonds is 4. The number of fused-ring (bicyclic) bond motifs is 1. The van der Waals surface area contributed by atoms with Gasteiger partial charge in [0.25, 0.3) is 5.56 Å². The topological polar surface area (TPSA) is 55.2 Å². The average molecular weight is 335 g/mol. The lowest BCUT2D eigenvalue weighted by Crippen LogP contribution is -2.36. The van der Waals surface area contributed by atoms with E-state index < -0.39 is 0 Å². The van der Waals surface area contributed by atoms with Gasteiger partial charge < -0.3 is 4.90 Å². The number of aryl methyl sites for hydroxylation is 1. The van der Waals surface area contributed by atoms with E-state index in [1.807, 2.05) is 43.3 Å². The molecule has 0 aliphatic rings. The van der Waals surface area contributed by atoms with Gasteiger partial charge in [0.05, 0.1) is 16.9 Å². The van der Waals surface area contributed by atoms with Crippen LogP contribution in [0.4, 0.5) is 0 Å². The molecule has 0 radical (unpaired) electrons. The first-order valence-electron chi connectivity index (χ1n) is 8.26. The molecule has 128 valence electrons. The van der Waals surface area contributed by atoms with Crippen LogP contribution >= 0.6 is 0 Å². The minimum absolute atomic E-state index is 0.0177. The predicted molar refractivity (Wildman–Crippen MR) is 98.4 cm³/mol. The highest BCUT2D eigenvalue weighted by Crippen LogP contribution is 2.18. The van der Waals surface area contributed by atoms with Gasteiger partial charge in [0.15, 0.2) is 0 Å². The third-order valence-corrected chi connectivity index (χ3v) is 4.60. The number of hydrogen-bond donors (Lipinski definition) is 0. The van der Waals surface area contributed by atoms with E-state index in [0.717, 1.165) is 5.56 Å². The molecule has 3 aromatic rings. The van der Waals surface area contributed by atoms with Crippen LogP contribution < -0.4 is 5.56 Å². The molecule has 0 unspecified atom stereocenters. The largest absolute Gasteiger partial charge is 0.337 e. The van der Waals surface area contributed by atoms with Gasteiger partial charge in [-0.25, -0.2) is 4.98 Å². The fourth-order valence-corrected chi connectivity index (χ4v) is 2.88. The van der Waals surface area contributed by atoms with Gasteiger partial charge in [-0.05, 0) is 31.5 Å². The fraction of sp³-hybridized carbons (Fsp3) is 0.250. The molecule has 2 aromatic carbocycles. The van der Waals surface area contributed by atoms with Gasteiger partial charge in [-0.2, -0.15) is 0 Å². The molecule has 0 fully saturated rings. The summed E-state index contributed by atoms with van der Waals surface area (Å²) in [4.78, 5) is 31.5. The van der Waals surface area contributed by atoms with Crippen molar-refractivity contribution in [2.24, 2.45) is 0 Å². The third-order valence-electron chi connectivity index (χ3n) is 4.60. The molecule has 1 aromatic heterocycles. The van der Waals surface area contributed by atoms with Crippen molar-refractivity contribution in [3.8, 4) is 0 Å². The molecule has 0 aliphatic carbocycles. The van der Waals surface area contributed by atoms with Crippen LogP contribution in [0.2, 0.25) is 0 Å². The number of amides is 1. The number of hydrogen-bond acceptors (Lipinski definition) is 3. The molecule has 5 nitrogen and oxygen atoms in total. The van der Waals surface area contributed by atoms with Gasteiger partial charge in [-0.1, -0.05) is 42.5 Å². The second kappa shape index (κ2) is 6.89. The third kappa shape index (κ3) is 3.31.